The van der Waals surface area contributed by atoms with Crippen LogP contribution in [-0.2, 0) is 4.79 Å². The van der Waals surface area contributed by atoms with E-state index in [9.17, 15) is 4.79 Å². The van der Waals surface area contributed by atoms with Gasteiger partial charge in [-0.3, -0.25) is 0 Å². The van der Waals surface area contributed by atoms with Crippen LogP contribution in [0, 0.1) is 6.92 Å². The van der Waals surface area contributed by atoms with E-state index >= 15 is 0 Å². The summed E-state index contributed by atoms with van der Waals surface area (Å²) in [5, 5.41) is 8.47. The summed E-state index contributed by atoms with van der Waals surface area (Å²) in [4.78, 5) is 17.7. The number of nitrogens with one attached hydrogen (secondary N) is 1. The van der Waals surface area contributed by atoms with Crippen molar-refractivity contribution in [3.8, 4) is 0 Å². The van der Waals surface area contributed by atoms with Crippen molar-refractivity contribution in [1.82, 2.24) is 9.97 Å². The van der Waals surface area contributed by atoms with E-state index in [4.69, 9.17) is 5.11 Å². The molecule has 2 N–H and O–H groups in total. The van der Waals surface area contributed by atoms with Crippen LogP contribution in [-0.4, -0.2) is 21.0 Å². The van der Waals surface area contributed by atoms with E-state index in [2.05, 4.69) is 16.5 Å². The lowest BCUT2D eigenvalue weighted by atomic mass is 10.2. The van der Waals surface area contributed by atoms with Crippen molar-refractivity contribution < 1.29 is 9.90 Å². The number of carbonyl (C=O) groups is 1. The van der Waals surface area contributed by atoms with E-state index < -0.39 is 5.97 Å². The molecule has 0 aliphatic carbocycles. The Hall–Kier alpha value is -2.62. The average molecular weight is 270 g/mol. The third-order valence-corrected chi connectivity index (χ3v) is 2.40. The minimum atomic E-state index is -0.932. The number of aromatic nitrogens is 2. The van der Waals surface area contributed by atoms with E-state index in [1.54, 1.807) is 13.0 Å². The number of allylic oxidation sites excluding steroid dienone is 3. The quantitative estimate of drug-likeness (QED) is 0.661. The third-order valence-electron chi connectivity index (χ3n) is 2.40. The molecular weight excluding hydrogens is 252 g/mol. The van der Waals surface area contributed by atoms with Crippen molar-refractivity contribution in [2.24, 2.45) is 0 Å². The average Bonchev–Trinajstić information content (AvgIpc) is 2.79. The standard InChI is InChI=1S/C8H8N2.C8H10O2/c1-6-9-7-4-2-3-5-8(7)10-6;1-3-5-7(6-4-2)8(9)10/h2-5H,1H3,(H,9,10);3-6H,1H2,2H3,(H,9,10)/b;6-4-,7-5+. The molecule has 0 radical (unpaired) electrons. The highest BCUT2D eigenvalue weighted by molar-refractivity contribution is 5.90. The van der Waals surface area contributed by atoms with Gasteiger partial charge in [-0.1, -0.05) is 36.9 Å². The van der Waals surface area contributed by atoms with E-state index in [0.717, 1.165) is 16.9 Å². The summed E-state index contributed by atoms with van der Waals surface area (Å²) in [5.74, 6) is 0.0409. The van der Waals surface area contributed by atoms with E-state index in [1.165, 1.54) is 18.2 Å². The van der Waals surface area contributed by atoms with Crippen LogP contribution < -0.4 is 0 Å². The highest BCUT2D eigenvalue weighted by Gasteiger charge is 1.98. The first-order chi connectivity index (χ1) is 9.58. The number of rotatable bonds is 3. The Balaban J connectivity index is 0.000000200. The summed E-state index contributed by atoms with van der Waals surface area (Å²) in [7, 11) is 0. The summed E-state index contributed by atoms with van der Waals surface area (Å²) in [5.41, 5.74) is 2.40. The van der Waals surface area contributed by atoms with Crippen LogP contribution in [0.4, 0.5) is 0 Å². The highest BCUT2D eigenvalue weighted by atomic mass is 16.4. The third kappa shape index (κ3) is 4.57. The fourth-order valence-corrected chi connectivity index (χ4v) is 1.59. The maximum atomic E-state index is 10.3. The van der Waals surface area contributed by atoms with Gasteiger partial charge in [-0.05, 0) is 32.1 Å². The second-order valence-corrected chi connectivity index (χ2v) is 4.00. The van der Waals surface area contributed by atoms with Crippen molar-refractivity contribution >= 4 is 17.0 Å². The number of carboxylic acids is 1. The first-order valence-electron chi connectivity index (χ1n) is 6.18. The van der Waals surface area contributed by atoms with E-state index in [0.29, 0.717) is 0 Å². The minimum Gasteiger partial charge on any atom is -0.478 e. The normalized spacial score (nSPS) is 11.2. The van der Waals surface area contributed by atoms with Crippen molar-refractivity contribution in [3.63, 3.8) is 0 Å². The Morgan fingerprint density at radius 3 is 2.65 bits per heavy atom. The maximum absolute atomic E-state index is 10.3. The number of fused-ring (bicyclic) bond motifs is 1. The molecule has 0 fully saturated rings. The zero-order chi connectivity index (χ0) is 15.0. The van der Waals surface area contributed by atoms with Crippen molar-refractivity contribution in [1.29, 1.82) is 0 Å². The number of carboxylic acid groups (broad SMARTS) is 1. The molecule has 2 aromatic rings. The van der Waals surface area contributed by atoms with Crippen molar-refractivity contribution in [2.45, 2.75) is 13.8 Å². The summed E-state index contributed by atoms with van der Waals surface area (Å²) in [6.45, 7) is 7.11. The van der Waals surface area contributed by atoms with Gasteiger partial charge in [-0.15, -0.1) is 0 Å². The fraction of sp³-hybridized carbons (Fsp3) is 0.125. The van der Waals surface area contributed by atoms with Crippen LogP contribution in [0.2, 0.25) is 0 Å². The molecule has 0 spiro atoms. The molecule has 104 valence electrons. The number of aryl methyl sites for hydroxylation is 1. The summed E-state index contributed by atoms with van der Waals surface area (Å²) >= 11 is 0. The number of imidazole rings is 1. The van der Waals surface area contributed by atoms with Crippen LogP contribution in [0.15, 0.2) is 60.7 Å². The SMILES string of the molecule is C=C/C=C(\C=C/C)C(=O)O.Cc1nc2ccccc2[nH]1. The topological polar surface area (TPSA) is 66.0 Å². The summed E-state index contributed by atoms with van der Waals surface area (Å²) in [6, 6.07) is 8.01. The lowest BCUT2D eigenvalue weighted by Gasteiger charge is -1.89. The predicted octanol–water partition coefficient (Wildman–Crippen LogP) is 3.63. The van der Waals surface area contributed by atoms with Gasteiger partial charge in [0, 0.05) is 0 Å². The van der Waals surface area contributed by atoms with Gasteiger partial charge in [0.25, 0.3) is 0 Å². The van der Waals surface area contributed by atoms with Crippen molar-refractivity contribution in [3.05, 3.63) is 66.5 Å². The Labute approximate surface area is 118 Å². The van der Waals surface area contributed by atoms with Gasteiger partial charge in [0.15, 0.2) is 0 Å². The van der Waals surface area contributed by atoms with Gasteiger partial charge in [0.2, 0.25) is 0 Å². The molecule has 0 bridgehead atoms. The summed E-state index contributed by atoms with van der Waals surface area (Å²) < 4.78 is 0. The first kappa shape index (κ1) is 15.4. The molecule has 4 nitrogen and oxygen atoms in total. The maximum Gasteiger partial charge on any atom is 0.335 e. The molecule has 1 aromatic carbocycles. The molecule has 4 heteroatoms. The van der Waals surface area contributed by atoms with Gasteiger partial charge >= 0.3 is 5.97 Å². The molecule has 0 saturated heterocycles. The molecule has 0 atom stereocenters. The largest absolute Gasteiger partial charge is 0.478 e. The van der Waals surface area contributed by atoms with Crippen LogP contribution in [0.5, 0.6) is 0 Å². The van der Waals surface area contributed by atoms with Gasteiger partial charge in [0.1, 0.15) is 5.82 Å². The number of nitrogens with zero attached hydrogens (tertiary/aromatic N) is 1. The molecule has 1 aromatic heterocycles. The number of hydrogen-bond acceptors (Lipinski definition) is 2. The zero-order valence-electron chi connectivity index (χ0n) is 11.6. The van der Waals surface area contributed by atoms with Crippen LogP contribution in [0.1, 0.15) is 12.7 Å². The Bertz CT molecular complexity index is 618. The van der Waals surface area contributed by atoms with Gasteiger partial charge in [0.05, 0.1) is 16.6 Å². The second-order valence-electron chi connectivity index (χ2n) is 4.00. The molecular formula is C16H18N2O2. The molecule has 20 heavy (non-hydrogen) atoms. The predicted molar refractivity (Wildman–Crippen MR) is 81.6 cm³/mol. The molecule has 0 aliphatic heterocycles. The fourth-order valence-electron chi connectivity index (χ4n) is 1.59. The number of para-hydroxylation sites is 2. The van der Waals surface area contributed by atoms with Crippen LogP contribution in [0.25, 0.3) is 11.0 Å². The second kappa shape index (κ2) is 7.74. The van der Waals surface area contributed by atoms with Crippen LogP contribution >= 0.6 is 0 Å². The monoisotopic (exact) mass is 270 g/mol. The van der Waals surface area contributed by atoms with Crippen molar-refractivity contribution in [2.75, 3.05) is 0 Å². The van der Waals surface area contributed by atoms with Gasteiger partial charge in [-0.25, -0.2) is 9.78 Å². The number of aromatic amines is 1. The molecule has 0 aliphatic rings. The van der Waals surface area contributed by atoms with Crippen LogP contribution in [0.3, 0.4) is 0 Å². The van der Waals surface area contributed by atoms with Gasteiger partial charge in [-0.2, -0.15) is 0 Å². The highest BCUT2D eigenvalue weighted by Crippen LogP contribution is 2.08. The lowest BCUT2D eigenvalue weighted by Crippen LogP contribution is -1.96. The number of aliphatic carboxylic acids is 1. The lowest BCUT2D eigenvalue weighted by molar-refractivity contribution is -0.132. The molecule has 1 heterocycles. The molecule has 2 rings (SSSR count). The summed E-state index contributed by atoms with van der Waals surface area (Å²) in [6.07, 6.45) is 6.08. The Morgan fingerprint density at radius 2 is 2.10 bits per heavy atom. The zero-order valence-corrected chi connectivity index (χ0v) is 11.6. The van der Waals surface area contributed by atoms with E-state index in [-0.39, 0.29) is 5.57 Å². The number of H-pyrrole nitrogens is 1. The molecule has 0 amide bonds. The minimum absolute atomic E-state index is 0.248. The van der Waals surface area contributed by atoms with Gasteiger partial charge < -0.3 is 10.1 Å². The smallest absolute Gasteiger partial charge is 0.335 e. The number of benzene rings is 1. The Kier molecular flexibility index (Phi) is 5.97. The Morgan fingerprint density at radius 1 is 1.40 bits per heavy atom. The number of hydrogen-bond donors (Lipinski definition) is 2. The van der Waals surface area contributed by atoms with E-state index in [1.807, 2.05) is 31.2 Å². The molecule has 0 saturated carbocycles. The molecule has 0 unspecified atom stereocenters. The first-order valence-corrected chi connectivity index (χ1v) is 6.18.